The lowest BCUT2D eigenvalue weighted by atomic mass is 9.97. The van der Waals surface area contributed by atoms with Crippen LogP contribution < -0.4 is 5.32 Å². The molecule has 1 amide bonds. The average molecular weight is 956 g/mol. The second-order valence-corrected chi connectivity index (χ2v) is 19.0. The van der Waals surface area contributed by atoms with Crippen molar-refractivity contribution in [3.63, 3.8) is 0 Å². The van der Waals surface area contributed by atoms with Crippen molar-refractivity contribution in [1.82, 2.24) is 5.32 Å². The molecule has 0 aromatic carbocycles. The molecule has 2 fully saturated rings. The van der Waals surface area contributed by atoms with E-state index in [1.165, 1.54) is 122 Å². The van der Waals surface area contributed by atoms with Gasteiger partial charge in [-0.3, -0.25) is 4.79 Å². The molecule has 0 bridgehead atoms. The lowest BCUT2D eigenvalue weighted by molar-refractivity contribution is -0.359. The Kier molecular flexibility index (Phi) is 36.5. The van der Waals surface area contributed by atoms with Crippen LogP contribution in [-0.2, 0) is 23.7 Å². The number of allylic oxidation sites excluding steroid dienone is 5. The van der Waals surface area contributed by atoms with Crippen LogP contribution in [0.5, 0.6) is 0 Å². The third kappa shape index (κ3) is 26.8. The average Bonchev–Trinajstić information content (AvgIpc) is 3.32. The van der Waals surface area contributed by atoms with Gasteiger partial charge >= 0.3 is 0 Å². The molecule has 14 nitrogen and oxygen atoms in total. The first-order chi connectivity index (χ1) is 32.6. The van der Waals surface area contributed by atoms with Crippen LogP contribution >= 0.6 is 0 Å². The lowest BCUT2D eigenvalue weighted by Crippen LogP contribution is -2.65. The summed E-state index contributed by atoms with van der Waals surface area (Å²) in [4.78, 5) is 13.2. The van der Waals surface area contributed by atoms with E-state index in [0.29, 0.717) is 12.8 Å². The van der Waals surface area contributed by atoms with Gasteiger partial charge in [0, 0.05) is 6.42 Å². The van der Waals surface area contributed by atoms with Crippen molar-refractivity contribution in [3.05, 3.63) is 36.5 Å². The van der Waals surface area contributed by atoms with Crippen molar-refractivity contribution < 1.29 is 64.6 Å². The molecule has 0 saturated carbocycles. The topological polar surface area (TPSA) is 228 Å². The first kappa shape index (κ1) is 61.3. The number of hydrogen-bond donors (Lipinski definition) is 9. The molecule has 0 aliphatic carbocycles. The number of aliphatic hydroxyl groups excluding tert-OH is 8. The molecule has 12 unspecified atom stereocenters. The number of hydrogen-bond acceptors (Lipinski definition) is 13. The van der Waals surface area contributed by atoms with Crippen LogP contribution in [0.15, 0.2) is 36.5 Å². The fourth-order valence-corrected chi connectivity index (χ4v) is 8.68. The quantitative estimate of drug-likeness (QED) is 0.0214. The number of aliphatic hydroxyl groups is 8. The highest BCUT2D eigenvalue weighted by atomic mass is 16.7. The van der Waals surface area contributed by atoms with E-state index in [-0.39, 0.29) is 18.9 Å². The summed E-state index contributed by atoms with van der Waals surface area (Å²) >= 11 is 0. The van der Waals surface area contributed by atoms with Crippen LogP contribution in [0.4, 0.5) is 0 Å². The smallest absolute Gasteiger partial charge is 0.220 e. The van der Waals surface area contributed by atoms with Crippen molar-refractivity contribution in [3.8, 4) is 0 Å². The van der Waals surface area contributed by atoms with Gasteiger partial charge in [-0.25, -0.2) is 0 Å². The number of amides is 1. The number of nitrogens with one attached hydrogen (secondary N) is 1. The minimum atomic E-state index is -1.79. The summed E-state index contributed by atoms with van der Waals surface area (Å²) in [5.41, 5.74) is 0. The largest absolute Gasteiger partial charge is 0.394 e. The van der Waals surface area contributed by atoms with Crippen LogP contribution in [0.3, 0.4) is 0 Å². The van der Waals surface area contributed by atoms with Crippen molar-refractivity contribution in [2.75, 3.05) is 19.8 Å². The molecule has 12 atom stereocenters. The van der Waals surface area contributed by atoms with E-state index >= 15 is 0 Å². The Balaban J connectivity index is 1.86. The molecule has 2 aliphatic rings. The van der Waals surface area contributed by atoms with Crippen molar-refractivity contribution in [2.45, 2.75) is 274 Å². The first-order valence-corrected chi connectivity index (χ1v) is 26.7. The molecule has 67 heavy (non-hydrogen) atoms. The van der Waals surface area contributed by atoms with E-state index in [9.17, 15) is 45.6 Å². The third-order valence-electron chi connectivity index (χ3n) is 13.1. The zero-order chi connectivity index (χ0) is 48.9. The van der Waals surface area contributed by atoms with Crippen molar-refractivity contribution >= 4 is 5.91 Å². The summed E-state index contributed by atoms with van der Waals surface area (Å²) in [5.74, 6) is -0.253. The predicted octanol–water partition coefficient (Wildman–Crippen LogP) is 7.49. The van der Waals surface area contributed by atoms with E-state index in [2.05, 4.69) is 43.5 Å². The normalized spacial score (nSPS) is 26.8. The van der Waals surface area contributed by atoms with Gasteiger partial charge in [0.2, 0.25) is 5.91 Å². The molecule has 0 aromatic rings. The molecule has 2 aliphatic heterocycles. The van der Waals surface area contributed by atoms with Crippen molar-refractivity contribution in [2.24, 2.45) is 0 Å². The molecule has 2 rings (SSSR count). The fraction of sp³-hybridized carbons (Fsp3) is 0.868. The van der Waals surface area contributed by atoms with Gasteiger partial charge in [-0.1, -0.05) is 185 Å². The first-order valence-electron chi connectivity index (χ1n) is 26.7. The third-order valence-corrected chi connectivity index (χ3v) is 13.1. The summed E-state index contributed by atoms with van der Waals surface area (Å²) in [5, 5.41) is 86.8. The van der Waals surface area contributed by atoms with E-state index in [4.69, 9.17) is 18.9 Å². The van der Waals surface area contributed by atoms with Crippen LogP contribution in [-0.4, -0.2) is 140 Å². The molecular formula is C53H97NO13. The zero-order valence-electron chi connectivity index (χ0n) is 41.6. The van der Waals surface area contributed by atoms with Crippen LogP contribution in [0.25, 0.3) is 0 Å². The summed E-state index contributed by atoms with van der Waals surface area (Å²) in [6.45, 7) is 2.76. The van der Waals surface area contributed by atoms with E-state index in [1.54, 1.807) is 6.08 Å². The Labute approximate surface area is 404 Å². The minimum Gasteiger partial charge on any atom is -0.394 e. The summed E-state index contributed by atoms with van der Waals surface area (Å²) < 4.78 is 22.7. The second-order valence-electron chi connectivity index (χ2n) is 19.0. The van der Waals surface area contributed by atoms with E-state index < -0.39 is 86.8 Å². The highest BCUT2D eigenvalue weighted by Gasteiger charge is 2.51. The minimum absolute atomic E-state index is 0.253. The standard InChI is InChI=1S/C53H97NO13/c1-3-5-7-9-11-13-15-17-19-21-22-24-26-28-30-32-34-36-42(57)41(54-45(58)37-35-33-31-29-27-25-23-20-18-16-14-12-10-8-6-4-2)40-64-52-50(63)48(61)51(44(39-56)66-52)67-53-49(62)47(60)46(59)43(38-55)65-53/h19,21,26,28,34,36,41-44,46-53,55-57,59-63H,3-18,20,22-25,27,29-33,35,37-40H2,1-2H3,(H,54,58)/b21-19+,28-26+,36-34+. The Hall–Kier alpha value is -1.79. The predicted molar refractivity (Wildman–Crippen MR) is 263 cm³/mol. The molecule has 0 aromatic heterocycles. The molecule has 392 valence electrons. The van der Waals surface area contributed by atoms with Gasteiger partial charge in [0.15, 0.2) is 12.6 Å². The van der Waals surface area contributed by atoms with Gasteiger partial charge in [0.1, 0.15) is 48.8 Å². The van der Waals surface area contributed by atoms with Crippen LogP contribution in [0.2, 0.25) is 0 Å². The maximum absolute atomic E-state index is 13.2. The molecule has 2 saturated heterocycles. The van der Waals surface area contributed by atoms with Gasteiger partial charge in [0.25, 0.3) is 0 Å². The summed E-state index contributed by atoms with van der Waals surface area (Å²) in [6.07, 6.45) is 28.9. The van der Waals surface area contributed by atoms with Gasteiger partial charge < -0.3 is 65.1 Å². The number of ether oxygens (including phenoxy) is 4. The van der Waals surface area contributed by atoms with Crippen LogP contribution in [0.1, 0.15) is 200 Å². The Morgan fingerprint density at radius 2 is 0.955 bits per heavy atom. The number of carbonyl (C=O) groups is 1. The van der Waals surface area contributed by atoms with Gasteiger partial charge in [-0.15, -0.1) is 0 Å². The highest BCUT2D eigenvalue weighted by Crippen LogP contribution is 2.30. The lowest BCUT2D eigenvalue weighted by Gasteiger charge is -2.46. The summed E-state index contributed by atoms with van der Waals surface area (Å²) in [7, 11) is 0. The Morgan fingerprint density at radius 1 is 0.522 bits per heavy atom. The highest BCUT2D eigenvalue weighted by molar-refractivity contribution is 5.76. The molecule has 0 radical (unpaired) electrons. The molecule has 14 heteroatoms. The van der Waals surface area contributed by atoms with E-state index in [0.717, 1.165) is 44.9 Å². The number of rotatable bonds is 41. The Bertz CT molecular complexity index is 1270. The number of carbonyl (C=O) groups excluding carboxylic acids is 1. The number of unbranched alkanes of at least 4 members (excludes halogenated alkanes) is 24. The molecule has 9 N–H and O–H groups in total. The molecule has 2 heterocycles. The monoisotopic (exact) mass is 956 g/mol. The van der Waals surface area contributed by atoms with Crippen LogP contribution in [0, 0.1) is 0 Å². The van der Waals surface area contributed by atoms with Crippen molar-refractivity contribution in [1.29, 1.82) is 0 Å². The SMILES string of the molecule is CCCCCCCCC/C=C/CC/C=C/CC/C=C/C(O)C(COC1OC(CO)C(OC2OC(CO)C(O)C(O)C2O)C(O)C1O)NC(=O)CCCCCCCCCCCCCCCCCC. The molecule has 0 spiro atoms. The van der Waals surface area contributed by atoms with Gasteiger partial charge in [0.05, 0.1) is 32.0 Å². The Morgan fingerprint density at radius 3 is 1.46 bits per heavy atom. The summed E-state index contributed by atoms with van der Waals surface area (Å²) in [6, 6.07) is -0.934. The molecular weight excluding hydrogens is 859 g/mol. The maximum atomic E-state index is 13.2. The van der Waals surface area contributed by atoms with Gasteiger partial charge in [-0.2, -0.15) is 0 Å². The van der Waals surface area contributed by atoms with Gasteiger partial charge in [-0.05, 0) is 44.9 Å². The van der Waals surface area contributed by atoms with E-state index in [1.807, 2.05) is 6.08 Å². The maximum Gasteiger partial charge on any atom is 0.220 e. The fourth-order valence-electron chi connectivity index (χ4n) is 8.68. The zero-order valence-corrected chi connectivity index (χ0v) is 41.6. The second kappa shape index (κ2) is 39.9.